The maximum atomic E-state index is 12.7. The molecule has 0 saturated carbocycles. The van der Waals surface area contributed by atoms with E-state index in [9.17, 15) is 18.6 Å². The molecule has 0 bridgehead atoms. The number of likely N-dealkylation sites (tertiary alicyclic amines) is 1. The summed E-state index contributed by atoms with van der Waals surface area (Å²) in [4.78, 5) is 2.55. The van der Waals surface area contributed by atoms with Crippen LogP contribution < -0.4 is 9.47 Å². The van der Waals surface area contributed by atoms with E-state index < -0.39 is 15.9 Å². The zero-order valence-electron chi connectivity index (χ0n) is 22.7. The van der Waals surface area contributed by atoms with Crippen LogP contribution in [-0.2, 0) is 9.84 Å². The van der Waals surface area contributed by atoms with Gasteiger partial charge in [-0.2, -0.15) is 0 Å². The van der Waals surface area contributed by atoms with Gasteiger partial charge in [0.15, 0.2) is 9.84 Å². The Hall–Kier alpha value is -3.49. The van der Waals surface area contributed by atoms with E-state index in [0.29, 0.717) is 35.1 Å². The zero-order valence-corrected chi connectivity index (χ0v) is 23.5. The van der Waals surface area contributed by atoms with Crippen molar-refractivity contribution in [3.63, 3.8) is 0 Å². The summed E-state index contributed by atoms with van der Waals surface area (Å²) in [5.74, 6) is 2.07. The lowest BCUT2D eigenvalue weighted by atomic mass is 9.86. The Morgan fingerprint density at radius 3 is 2.33 bits per heavy atom. The van der Waals surface area contributed by atoms with Crippen LogP contribution in [0.3, 0.4) is 0 Å². The number of allylic oxidation sites excluding steroid dienone is 1. The topological polar surface area (TPSA) is 96.3 Å². The van der Waals surface area contributed by atoms with Crippen molar-refractivity contribution in [3.05, 3.63) is 77.4 Å². The van der Waals surface area contributed by atoms with Crippen LogP contribution in [0.2, 0.25) is 0 Å². The van der Waals surface area contributed by atoms with Crippen molar-refractivity contribution >= 4 is 21.0 Å². The molecule has 2 N–H and O–H groups in total. The van der Waals surface area contributed by atoms with Gasteiger partial charge in [-0.25, -0.2) is 8.42 Å². The first-order valence-corrected chi connectivity index (χ1v) is 15.1. The number of phenols is 2. The van der Waals surface area contributed by atoms with Crippen LogP contribution >= 0.6 is 0 Å². The molecule has 3 aromatic rings. The second-order valence-electron chi connectivity index (χ2n) is 10.8. The summed E-state index contributed by atoms with van der Waals surface area (Å²) in [5, 5.41) is 20.5. The van der Waals surface area contributed by atoms with Crippen LogP contribution in [-0.4, -0.2) is 55.5 Å². The van der Waals surface area contributed by atoms with Gasteiger partial charge in [-0.15, -0.1) is 0 Å². The molecule has 3 atom stereocenters. The number of aromatic hydroxyl groups is 2. The number of phenolic OH excluding ortho intramolecular Hbond substituents is 2. The van der Waals surface area contributed by atoms with Gasteiger partial charge in [0.1, 0.15) is 35.7 Å². The number of sulfone groups is 1. The van der Waals surface area contributed by atoms with Gasteiger partial charge in [-0.3, -0.25) is 4.90 Å². The van der Waals surface area contributed by atoms with Crippen molar-refractivity contribution in [2.24, 2.45) is 5.92 Å². The lowest BCUT2D eigenvalue weighted by Gasteiger charge is -2.32. The number of rotatable bonds is 7. The van der Waals surface area contributed by atoms with Crippen molar-refractivity contribution in [1.29, 1.82) is 0 Å². The maximum Gasteiger partial charge on any atom is 0.176 e. The average molecular weight is 550 g/mol. The van der Waals surface area contributed by atoms with Crippen LogP contribution in [0.1, 0.15) is 50.0 Å². The first-order chi connectivity index (χ1) is 18.5. The quantitative estimate of drug-likeness (QED) is 0.392. The molecule has 39 heavy (non-hydrogen) atoms. The third-order valence-corrected chi connectivity index (χ3v) is 8.84. The van der Waals surface area contributed by atoms with Crippen molar-refractivity contribution in [2.75, 3.05) is 26.0 Å². The number of hydrogen-bond donors (Lipinski definition) is 2. The van der Waals surface area contributed by atoms with Gasteiger partial charge < -0.3 is 19.7 Å². The Kier molecular flexibility index (Phi) is 7.35. The van der Waals surface area contributed by atoms with Gasteiger partial charge in [0, 0.05) is 35.5 Å². The second kappa shape index (κ2) is 10.6. The Morgan fingerprint density at radius 1 is 1.03 bits per heavy atom. The molecule has 1 fully saturated rings. The van der Waals surface area contributed by atoms with E-state index in [1.54, 1.807) is 18.2 Å². The van der Waals surface area contributed by atoms with Gasteiger partial charge in [-0.1, -0.05) is 19.1 Å². The van der Waals surface area contributed by atoms with E-state index in [0.717, 1.165) is 42.1 Å². The highest BCUT2D eigenvalue weighted by atomic mass is 32.2. The van der Waals surface area contributed by atoms with Crippen LogP contribution in [0.5, 0.6) is 23.0 Å². The fourth-order valence-electron chi connectivity index (χ4n) is 5.50. The second-order valence-corrected chi connectivity index (χ2v) is 12.8. The third-order valence-electron chi connectivity index (χ3n) is 7.68. The first kappa shape index (κ1) is 27.1. The summed E-state index contributed by atoms with van der Waals surface area (Å²) in [7, 11) is -3.62. The summed E-state index contributed by atoms with van der Waals surface area (Å²) in [6.07, 6.45) is 1.72. The molecule has 0 aliphatic carbocycles. The molecule has 1 unspecified atom stereocenters. The molecule has 7 nitrogen and oxygen atoms in total. The van der Waals surface area contributed by atoms with E-state index >= 15 is 0 Å². The van der Waals surface area contributed by atoms with Crippen LogP contribution in [0.4, 0.5) is 0 Å². The zero-order chi connectivity index (χ0) is 27.9. The van der Waals surface area contributed by atoms with E-state index in [1.165, 1.54) is 24.6 Å². The highest BCUT2D eigenvalue weighted by Crippen LogP contribution is 2.49. The number of nitrogens with zero attached hydrogens (tertiary/aromatic N) is 1. The Bertz CT molecular complexity index is 1510. The SMILES string of the molecule is CC1=C(c2cc(O)ccc2S(C)(=O)=O)C(c2ccc(OC[C@H](C)N3CC[C@@H](C)C3)cc2)Oc2ccc(O)cc21. The van der Waals surface area contributed by atoms with Crippen LogP contribution in [0.15, 0.2) is 65.6 Å². The molecule has 3 aromatic carbocycles. The van der Waals surface area contributed by atoms with E-state index in [4.69, 9.17) is 9.47 Å². The fourth-order valence-corrected chi connectivity index (χ4v) is 6.39. The van der Waals surface area contributed by atoms with Gasteiger partial charge in [0.05, 0.1) is 4.90 Å². The molecule has 0 aromatic heterocycles. The number of benzene rings is 3. The van der Waals surface area contributed by atoms with Gasteiger partial charge in [0.25, 0.3) is 0 Å². The Morgan fingerprint density at radius 2 is 1.69 bits per heavy atom. The monoisotopic (exact) mass is 549 g/mol. The minimum Gasteiger partial charge on any atom is -0.508 e. The minimum absolute atomic E-state index is 0.0524. The van der Waals surface area contributed by atoms with Gasteiger partial charge in [-0.05, 0) is 92.4 Å². The molecule has 1 saturated heterocycles. The van der Waals surface area contributed by atoms with Crippen LogP contribution in [0.25, 0.3) is 11.1 Å². The smallest absolute Gasteiger partial charge is 0.176 e. The van der Waals surface area contributed by atoms with E-state index in [2.05, 4.69) is 18.7 Å². The van der Waals surface area contributed by atoms with Crippen molar-refractivity contribution in [1.82, 2.24) is 4.90 Å². The first-order valence-electron chi connectivity index (χ1n) is 13.2. The van der Waals surface area contributed by atoms with Gasteiger partial charge in [0.2, 0.25) is 0 Å². The largest absolute Gasteiger partial charge is 0.508 e. The summed E-state index contributed by atoms with van der Waals surface area (Å²) >= 11 is 0. The Labute approximate surface area is 230 Å². The lowest BCUT2D eigenvalue weighted by molar-refractivity contribution is 0.169. The molecule has 206 valence electrons. The molecule has 0 radical (unpaired) electrons. The van der Waals surface area contributed by atoms with Crippen molar-refractivity contribution in [3.8, 4) is 23.0 Å². The minimum atomic E-state index is -3.62. The standard InChI is InChI=1S/C31H35NO6S/c1-19-13-14-32(17-19)20(2)18-37-25-9-5-22(6-10-25)31-30(21(3)26-15-23(33)7-11-28(26)38-31)27-16-24(34)8-12-29(27)39(4,35)36/h5-12,15-16,19-20,31,33-34H,13-14,17-18H2,1-4H3/t19-,20+,31?/m1/s1. The lowest BCUT2D eigenvalue weighted by Crippen LogP contribution is -2.35. The molecular formula is C31H35NO6S. The third kappa shape index (κ3) is 5.63. The number of ether oxygens (including phenoxy) is 2. The predicted molar refractivity (Wildman–Crippen MR) is 152 cm³/mol. The summed E-state index contributed by atoms with van der Waals surface area (Å²) in [6.45, 7) is 9.13. The van der Waals surface area contributed by atoms with Crippen molar-refractivity contribution < 1.29 is 28.1 Å². The summed E-state index contributed by atoms with van der Waals surface area (Å²) in [5.41, 5.74) is 3.19. The average Bonchev–Trinajstić information content (AvgIpc) is 3.33. The number of hydrogen-bond acceptors (Lipinski definition) is 7. The van der Waals surface area contributed by atoms with E-state index in [-0.39, 0.29) is 16.4 Å². The molecule has 2 aliphatic heterocycles. The predicted octanol–water partition coefficient (Wildman–Crippen LogP) is 5.67. The highest BCUT2D eigenvalue weighted by molar-refractivity contribution is 7.90. The molecule has 2 aliphatic rings. The molecule has 0 spiro atoms. The van der Waals surface area contributed by atoms with E-state index in [1.807, 2.05) is 31.2 Å². The fraction of sp³-hybridized carbons (Fsp3) is 0.355. The van der Waals surface area contributed by atoms with Gasteiger partial charge >= 0.3 is 0 Å². The van der Waals surface area contributed by atoms with Crippen LogP contribution in [0, 0.1) is 5.92 Å². The Balaban J connectivity index is 1.50. The molecule has 5 rings (SSSR count). The summed E-state index contributed by atoms with van der Waals surface area (Å²) in [6, 6.07) is 17.1. The van der Waals surface area contributed by atoms with Crippen molar-refractivity contribution in [2.45, 2.75) is 44.2 Å². The molecule has 0 amide bonds. The molecule has 8 heteroatoms. The summed E-state index contributed by atoms with van der Waals surface area (Å²) < 4.78 is 38.0. The molecule has 2 heterocycles. The number of fused-ring (bicyclic) bond motifs is 1. The normalized spacial score (nSPS) is 20.4. The molecular weight excluding hydrogens is 514 g/mol. The maximum absolute atomic E-state index is 12.7. The highest BCUT2D eigenvalue weighted by Gasteiger charge is 2.32.